The van der Waals surface area contributed by atoms with E-state index < -0.39 is 0 Å². The van der Waals surface area contributed by atoms with Crippen LogP contribution in [0.3, 0.4) is 0 Å². The number of benzene rings is 2. The van der Waals surface area contributed by atoms with Crippen LogP contribution in [0.1, 0.15) is 119 Å². The van der Waals surface area contributed by atoms with Gasteiger partial charge in [-0.25, -0.2) is 0 Å². The minimum Gasteiger partial charge on any atom is -0.373 e. The molecule has 2 nitrogen and oxygen atoms in total. The zero-order valence-electron chi connectivity index (χ0n) is 30.3. The van der Waals surface area contributed by atoms with Gasteiger partial charge >= 0.3 is 0 Å². The van der Waals surface area contributed by atoms with E-state index in [0.717, 1.165) is 23.4 Å². The summed E-state index contributed by atoms with van der Waals surface area (Å²) in [6.07, 6.45) is 11.4. The van der Waals surface area contributed by atoms with Gasteiger partial charge in [-0.15, -0.1) is 19.7 Å². The van der Waals surface area contributed by atoms with E-state index in [2.05, 4.69) is 120 Å². The number of nitrogens with zero attached hydrogens (tertiary/aromatic N) is 1. The van der Waals surface area contributed by atoms with E-state index in [9.17, 15) is 0 Å². The van der Waals surface area contributed by atoms with Gasteiger partial charge in [-0.05, 0) is 56.7 Å². The molecule has 0 saturated carbocycles. The molecular weight excluding hydrogens is 508 g/mol. The smallest absolute Gasteiger partial charge is 0.128 e. The molecule has 2 aromatic carbocycles. The second kappa shape index (κ2) is 40.0. The van der Waals surface area contributed by atoms with Crippen LogP contribution in [0.5, 0.6) is 0 Å². The third-order valence-electron chi connectivity index (χ3n) is 5.23. The second-order valence-corrected chi connectivity index (χ2v) is 8.77. The number of allylic oxidation sites excluding steroid dienone is 4. The highest BCUT2D eigenvalue weighted by Gasteiger charge is 2.08. The van der Waals surface area contributed by atoms with E-state index in [1.807, 2.05) is 61.7 Å². The molecule has 0 amide bonds. The van der Waals surface area contributed by atoms with Crippen LogP contribution in [-0.2, 0) is 6.42 Å². The molecular formula is C40H70N2. The molecule has 0 saturated heterocycles. The standard InChI is InChI=1S/C17H20N2.C10H18.C4H10.C3H6.2C2H6.C2H4/c1-4-13-9-11-14(12-10-13)15-7-5-6-8-16(15)17(18-2)19-3;1-5-6-7-10(4)8-9(2)3;1-3-4-2;1-3-2;3*1-2/h5-12H,4H2,1-3H3,(H,18,19);8H,2,5-7H2,1,3-4H3;3-4H2,1-2H3;3H,1H2,2H3;2*1-2H3;1-2H2/b;10-8+;;;;;. The Morgan fingerprint density at radius 2 is 1.31 bits per heavy atom. The van der Waals surface area contributed by atoms with Crippen molar-refractivity contribution in [3.63, 3.8) is 0 Å². The Hall–Kier alpha value is -3.13. The van der Waals surface area contributed by atoms with E-state index in [1.54, 1.807) is 6.08 Å². The average molecular weight is 579 g/mol. The lowest BCUT2D eigenvalue weighted by atomic mass is 9.97. The van der Waals surface area contributed by atoms with Crippen LogP contribution in [0, 0.1) is 0 Å². The molecule has 0 atom stereocenters. The molecule has 2 heteroatoms. The maximum Gasteiger partial charge on any atom is 0.128 e. The summed E-state index contributed by atoms with van der Waals surface area (Å²) in [5, 5.41) is 3.15. The van der Waals surface area contributed by atoms with Gasteiger partial charge in [-0.2, -0.15) is 0 Å². The lowest BCUT2D eigenvalue weighted by Gasteiger charge is -2.12. The number of hydrogen-bond acceptors (Lipinski definition) is 1. The first-order chi connectivity index (χ1) is 20.3. The minimum atomic E-state index is 0.912. The highest BCUT2D eigenvalue weighted by atomic mass is 14.9. The number of amidine groups is 1. The summed E-state index contributed by atoms with van der Waals surface area (Å²) in [4.78, 5) is 4.30. The quantitative estimate of drug-likeness (QED) is 0.143. The van der Waals surface area contributed by atoms with Crippen molar-refractivity contribution in [2.75, 3.05) is 14.1 Å². The Kier molecular flexibility index (Phi) is 46.3. The predicted molar refractivity (Wildman–Crippen MR) is 201 cm³/mol. The predicted octanol–water partition coefficient (Wildman–Crippen LogP) is 13.1. The molecule has 0 spiro atoms. The van der Waals surface area contributed by atoms with Crippen LogP contribution in [0.25, 0.3) is 11.1 Å². The molecule has 0 unspecified atom stereocenters. The molecule has 2 aromatic rings. The lowest BCUT2D eigenvalue weighted by Crippen LogP contribution is -2.20. The van der Waals surface area contributed by atoms with E-state index in [-0.39, 0.29) is 0 Å². The molecule has 0 bridgehead atoms. The average Bonchev–Trinajstić information content (AvgIpc) is 3.04. The van der Waals surface area contributed by atoms with Crippen molar-refractivity contribution in [3.8, 4) is 11.1 Å². The molecule has 240 valence electrons. The van der Waals surface area contributed by atoms with Gasteiger partial charge in [-0.1, -0.05) is 153 Å². The Morgan fingerprint density at radius 3 is 1.67 bits per heavy atom. The highest BCUT2D eigenvalue weighted by molar-refractivity contribution is 6.04. The third kappa shape index (κ3) is 28.4. The topological polar surface area (TPSA) is 24.4 Å². The van der Waals surface area contributed by atoms with Crippen molar-refractivity contribution in [2.45, 2.75) is 115 Å². The Bertz CT molecular complexity index is 899. The van der Waals surface area contributed by atoms with Crippen LogP contribution in [0.4, 0.5) is 0 Å². The Balaban J connectivity index is -0.000000167. The molecule has 2 rings (SSSR count). The first-order valence-electron chi connectivity index (χ1n) is 16.0. The maximum atomic E-state index is 4.30. The van der Waals surface area contributed by atoms with Crippen LogP contribution >= 0.6 is 0 Å². The van der Waals surface area contributed by atoms with Crippen molar-refractivity contribution >= 4 is 5.84 Å². The normalized spacial score (nSPS) is 9.36. The van der Waals surface area contributed by atoms with Crippen LogP contribution in [0.15, 0.2) is 103 Å². The summed E-state index contributed by atoms with van der Waals surface area (Å²) < 4.78 is 0. The molecule has 1 N–H and O–H groups in total. The summed E-state index contributed by atoms with van der Waals surface area (Å²) in [5.41, 5.74) is 7.54. The molecule has 0 radical (unpaired) electrons. The van der Waals surface area contributed by atoms with Crippen molar-refractivity contribution in [2.24, 2.45) is 4.99 Å². The van der Waals surface area contributed by atoms with Crippen molar-refractivity contribution in [1.82, 2.24) is 5.32 Å². The summed E-state index contributed by atoms with van der Waals surface area (Å²) >= 11 is 0. The van der Waals surface area contributed by atoms with E-state index in [4.69, 9.17) is 0 Å². The van der Waals surface area contributed by atoms with E-state index in [0.29, 0.717) is 0 Å². The van der Waals surface area contributed by atoms with Crippen LogP contribution < -0.4 is 5.32 Å². The lowest BCUT2D eigenvalue weighted by molar-refractivity contribution is 0.787. The second-order valence-electron chi connectivity index (χ2n) is 8.77. The summed E-state index contributed by atoms with van der Waals surface area (Å²) in [6, 6.07) is 17.1. The van der Waals surface area contributed by atoms with E-state index >= 15 is 0 Å². The number of aliphatic imine (C=N–C) groups is 1. The number of rotatable bonds is 8. The molecule has 0 aromatic heterocycles. The summed E-state index contributed by atoms with van der Waals surface area (Å²) in [5.74, 6) is 0.912. The highest BCUT2D eigenvalue weighted by Crippen LogP contribution is 2.24. The molecule has 0 aliphatic heterocycles. The fraction of sp³-hybridized carbons (Fsp3) is 0.475. The number of unbranched alkanes of at least 4 members (excludes halogenated alkanes) is 2. The zero-order chi connectivity index (χ0) is 33.8. The van der Waals surface area contributed by atoms with Gasteiger partial charge in [0.2, 0.25) is 0 Å². The Morgan fingerprint density at radius 1 is 0.833 bits per heavy atom. The minimum absolute atomic E-state index is 0.912. The van der Waals surface area contributed by atoms with Gasteiger partial charge < -0.3 is 5.32 Å². The maximum absolute atomic E-state index is 4.30. The SMILES string of the molecule is C=C.C=C(C)/C=C(\C)CCCC.C=CC.CC.CC.CCCC.CCc1ccc(-c2ccccc2C(=NC)NC)cc1. The first kappa shape index (κ1) is 48.6. The monoisotopic (exact) mass is 579 g/mol. The van der Waals surface area contributed by atoms with Gasteiger partial charge in [-0.3, -0.25) is 4.99 Å². The molecule has 0 fully saturated rings. The van der Waals surface area contributed by atoms with Crippen LogP contribution in [0.2, 0.25) is 0 Å². The van der Waals surface area contributed by atoms with E-state index in [1.165, 1.54) is 54.4 Å². The first-order valence-corrected chi connectivity index (χ1v) is 16.0. The molecule has 0 heterocycles. The summed E-state index contributed by atoms with van der Waals surface area (Å²) in [7, 11) is 3.71. The van der Waals surface area contributed by atoms with Gasteiger partial charge in [0.25, 0.3) is 0 Å². The van der Waals surface area contributed by atoms with Crippen LogP contribution in [-0.4, -0.2) is 19.9 Å². The fourth-order valence-corrected chi connectivity index (χ4v) is 3.18. The Labute approximate surface area is 264 Å². The van der Waals surface area contributed by atoms with Crippen molar-refractivity contribution in [1.29, 1.82) is 0 Å². The zero-order valence-corrected chi connectivity index (χ0v) is 30.3. The van der Waals surface area contributed by atoms with Crippen molar-refractivity contribution < 1.29 is 0 Å². The molecule has 0 aliphatic rings. The molecule has 42 heavy (non-hydrogen) atoms. The van der Waals surface area contributed by atoms with Gasteiger partial charge in [0, 0.05) is 19.7 Å². The number of aryl methyl sites for hydroxylation is 1. The van der Waals surface area contributed by atoms with Gasteiger partial charge in [0.1, 0.15) is 5.84 Å². The molecule has 0 aliphatic carbocycles. The summed E-state index contributed by atoms with van der Waals surface area (Å²) in [6.45, 7) is 36.0. The largest absolute Gasteiger partial charge is 0.373 e. The van der Waals surface area contributed by atoms with Crippen molar-refractivity contribution in [3.05, 3.63) is 109 Å². The van der Waals surface area contributed by atoms with Gasteiger partial charge in [0.15, 0.2) is 0 Å². The fourth-order valence-electron chi connectivity index (χ4n) is 3.18. The number of nitrogens with one attached hydrogen (secondary N) is 1. The third-order valence-corrected chi connectivity index (χ3v) is 5.23. The number of hydrogen-bond donors (Lipinski definition) is 1. The van der Waals surface area contributed by atoms with Gasteiger partial charge in [0.05, 0.1) is 0 Å².